The van der Waals surface area contributed by atoms with Gasteiger partial charge in [-0.1, -0.05) is 60.3 Å². The molecule has 1 atom stereocenters. The molecule has 0 radical (unpaired) electrons. The maximum absolute atomic E-state index is 15.4. The topological polar surface area (TPSA) is 170 Å². The number of nitrogens with zero attached hydrogens (tertiary/aromatic N) is 6. The Morgan fingerprint density at radius 3 is 2.56 bits per heavy atom. The van der Waals surface area contributed by atoms with Crippen LogP contribution >= 0.6 is 11.8 Å². The molecule has 236 valence electrons. The molecule has 1 fully saturated rings. The molecule has 15 heteroatoms. The highest BCUT2D eigenvalue weighted by Gasteiger charge is 2.30. The Bertz CT molecular complexity index is 1600. The molecule has 13 nitrogen and oxygen atoms in total. The van der Waals surface area contributed by atoms with Crippen LogP contribution in [0.25, 0.3) is 0 Å². The lowest BCUT2D eigenvalue weighted by Crippen LogP contribution is -2.41. The number of piperidine rings is 1. The van der Waals surface area contributed by atoms with E-state index in [0.29, 0.717) is 55.2 Å². The van der Waals surface area contributed by atoms with Gasteiger partial charge in [0.2, 0.25) is 0 Å². The third kappa shape index (κ3) is 8.05. The first-order valence-electron chi connectivity index (χ1n) is 14.5. The molecular formula is C30H34FN9O4S. The van der Waals surface area contributed by atoms with E-state index in [9.17, 15) is 14.7 Å². The summed E-state index contributed by atoms with van der Waals surface area (Å²) < 4.78 is 15.4. The van der Waals surface area contributed by atoms with Gasteiger partial charge >= 0.3 is 6.09 Å². The van der Waals surface area contributed by atoms with Crippen LogP contribution in [0.2, 0.25) is 0 Å². The van der Waals surface area contributed by atoms with Crippen molar-refractivity contribution in [1.29, 1.82) is 0 Å². The van der Waals surface area contributed by atoms with E-state index in [2.05, 4.69) is 36.2 Å². The molecule has 1 aliphatic heterocycles. The highest BCUT2D eigenvalue weighted by Crippen LogP contribution is 2.29. The van der Waals surface area contributed by atoms with Gasteiger partial charge in [-0.15, -0.1) is 10.2 Å². The van der Waals surface area contributed by atoms with Crippen molar-refractivity contribution in [2.24, 2.45) is 0 Å². The molecular weight excluding hydrogens is 601 g/mol. The quantitative estimate of drug-likeness (QED) is 0.151. The molecule has 1 aromatic carbocycles. The normalized spacial score (nSPS) is 14.9. The van der Waals surface area contributed by atoms with Crippen molar-refractivity contribution in [2.45, 2.75) is 54.2 Å². The number of hydrogen-bond acceptors (Lipinski definition) is 10. The lowest BCUT2D eigenvalue weighted by Gasteiger charge is -2.30. The van der Waals surface area contributed by atoms with E-state index >= 15 is 4.39 Å². The Labute approximate surface area is 263 Å². The lowest BCUT2D eigenvalue weighted by atomic mass is 9.89. The van der Waals surface area contributed by atoms with Gasteiger partial charge in [0.15, 0.2) is 11.5 Å². The minimum absolute atomic E-state index is 0.0979. The van der Waals surface area contributed by atoms with E-state index < -0.39 is 23.4 Å². The Morgan fingerprint density at radius 2 is 1.87 bits per heavy atom. The fraction of sp³-hybridized carbons (Fsp3) is 0.333. The van der Waals surface area contributed by atoms with Crippen LogP contribution < -0.4 is 16.1 Å². The van der Waals surface area contributed by atoms with Crippen LogP contribution in [-0.2, 0) is 5.60 Å². The van der Waals surface area contributed by atoms with Gasteiger partial charge in [-0.05, 0) is 43.0 Å². The number of pyridine rings is 2. The number of benzene rings is 1. The number of hydrogen-bond donors (Lipinski definition) is 5. The zero-order chi connectivity index (χ0) is 31.8. The summed E-state index contributed by atoms with van der Waals surface area (Å²) >= 11 is 0.980. The highest BCUT2D eigenvalue weighted by molar-refractivity contribution is 7.99. The van der Waals surface area contributed by atoms with Crippen molar-refractivity contribution in [3.05, 3.63) is 84.2 Å². The van der Waals surface area contributed by atoms with E-state index in [1.165, 1.54) is 28.3 Å². The molecule has 2 amide bonds. The van der Waals surface area contributed by atoms with Gasteiger partial charge in [-0.2, -0.15) is 0 Å². The predicted octanol–water partition coefficient (Wildman–Crippen LogP) is 4.21. The van der Waals surface area contributed by atoms with Crippen molar-refractivity contribution in [1.82, 2.24) is 35.3 Å². The molecule has 5 rings (SSSR count). The predicted molar refractivity (Wildman–Crippen MR) is 165 cm³/mol. The number of aromatic nitrogens is 5. The molecule has 1 aliphatic rings. The zero-order valence-electron chi connectivity index (χ0n) is 24.6. The number of amides is 2. The molecule has 5 N–H and O–H groups in total. The summed E-state index contributed by atoms with van der Waals surface area (Å²) in [6.45, 7) is 2.81. The van der Waals surface area contributed by atoms with Gasteiger partial charge in [0.05, 0.1) is 29.5 Å². The summed E-state index contributed by atoms with van der Waals surface area (Å²) in [4.78, 5) is 35.1. The second-order valence-electron chi connectivity index (χ2n) is 10.6. The number of carbonyl (C=O) groups is 2. The molecule has 4 heterocycles. The first-order valence-corrected chi connectivity index (χ1v) is 15.3. The second-order valence-corrected chi connectivity index (χ2v) is 11.7. The largest absolute Gasteiger partial charge is 0.465 e. The monoisotopic (exact) mass is 635 g/mol. The smallest absolute Gasteiger partial charge is 0.407 e. The fourth-order valence-corrected chi connectivity index (χ4v) is 5.79. The summed E-state index contributed by atoms with van der Waals surface area (Å²) in [6, 6.07) is 14.3. The van der Waals surface area contributed by atoms with Crippen molar-refractivity contribution >= 4 is 35.3 Å². The first-order chi connectivity index (χ1) is 21.7. The molecule has 3 aromatic heterocycles. The third-order valence-corrected chi connectivity index (χ3v) is 8.32. The Morgan fingerprint density at radius 1 is 1.09 bits per heavy atom. The van der Waals surface area contributed by atoms with E-state index in [1.807, 2.05) is 31.2 Å². The number of carboxylic acid groups (broad SMARTS) is 1. The van der Waals surface area contributed by atoms with E-state index in [0.717, 1.165) is 17.4 Å². The van der Waals surface area contributed by atoms with Crippen molar-refractivity contribution in [2.75, 3.05) is 30.4 Å². The molecule has 0 spiro atoms. The van der Waals surface area contributed by atoms with Gasteiger partial charge in [0.25, 0.3) is 5.91 Å². The van der Waals surface area contributed by atoms with Crippen LogP contribution in [-0.4, -0.2) is 77.9 Å². The third-order valence-electron chi connectivity index (χ3n) is 7.38. The first kappa shape index (κ1) is 31.7. The summed E-state index contributed by atoms with van der Waals surface area (Å²) in [7, 11) is 0. The Kier molecular flexibility index (Phi) is 10.1. The molecule has 0 saturated carbocycles. The zero-order valence-corrected chi connectivity index (χ0v) is 25.4. The fourth-order valence-electron chi connectivity index (χ4n) is 5.03. The number of aliphatic hydroxyl groups is 1. The maximum atomic E-state index is 15.4. The van der Waals surface area contributed by atoms with Gasteiger partial charge in [0.1, 0.15) is 16.4 Å². The number of halogens is 1. The average molecular weight is 636 g/mol. The SMILES string of the molecule is CCCC(O)(CNC(=O)c1nccc(Sc2cnn(Nc3ccc(NC4CCN(C(=O)O)CC4)cn3)n2)c1F)c1ccccc1. The number of rotatable bonds is 12. The lowest BCUT2D eigenvalue weighted by molar-refractivity contribution is 0.0260. The van der Waals surface area contributed by atoms with Crippen LogP contribution in [0.3, 0.4) is 0 Å². The average Bonchev–Trinajstić information content (AvgIpc) is 3.49. The summed E-state index contributed by atoms with van der Waals surface area (Å²) in [5.41, 5.74) is 2.72. The van der Waals surface area contributed by atoms with E-state index in [-0.39, 0.29) is 23.2 Å². The summed E-state index contributed by atoms with van der Waals surface area (Å²) in [6.07, 6.45) is 6.08. The number of nitrogens with one attached hydrogen (secondary N) is 3. The van der Waals surface area contributed by atoms with E-state index in [4.69, 9.17) is 5.11 Å². The van der Waals surface area contributed by atoms with Crippen LogP contribution in [0.4, 0.5) is 20.7 Å². The van der Waals surface area contributed by atoms with Crippen LogP contribution in [0.15, 0.2) is 77.0 Å². The minimum Gasteiger partial charge on any atom is -0.465 e. The molecule has 0 aliphatic carbocycles. The molecule has 0 bridgehead atoms. The van der Waals surface area contributed by atoms with Gasteiger partial charge < -0.3 is 25.7 Å². The van der Waals surface area contributed by atoms with Crippen LogP contribution in [0.5, 0.6) is 0 Å². The number of likely N-dealkylation sites (tertiary alicyclic amines) is 1. The van der Waals surface area contributed by atoms with Gasteiger partial charge in [-0.3, -0.25) is 4.79 Å². The number of anilines is 2. The van der Waals surface area contributed by atoms with Crippen LogP contribution in [0, 0.1) is 5.82 Å². The standard InChI is InChI=1S/C30H34FN9O4S/c1-2-13-30(44,20-6-4-3-5-7-20)19-34-28(41)27-26(31)23(10-14-32-27)45-25-18-35-40(38-25)37-24-9-8-22(17-33-24)36-21-11-15-39(16-12-21)29(42)43/h3-10,14,17-18,21,36,44H,2,11-13,15-16,19H2,1H3,(H,33,37)(H,34,41)(H,42,43). The Hall–Kier alpha value is -4.76. The Balaban J connectivity index is 1.16. The van der Waals surface area contributed by atoms with Crippen molar-refractivity contribution in [3.63, 3.8) is 0 Å². The van der Waals surface area contributed by atoms with Gasteiger partial charge in [-0.25, -0.2) is 24.6 Å². The summed E-state index contributed by atoms with van der Waals surface area (Å²) in [5.74, 6) is -1.07. The maximum Gasteiger partial charge on any atom is 0.407 e. The molecule has 45 heavy (non-hydrogen) atoms. The second kappa shape index (κ2) is 14.3. The van der Waals surface area contributed by atoms with Crippen molar-refractivity contribution < 1.29 is 24.2 Å². The highest BCUT2D eigenvalue weighted by atomic mass is 32.2. The van der Waals surface area contributed by atoms with Crippen molar-refractivity contribution in [3.8, 4) is 0 Å². The number of carbonyl (C=O) groups excluding carboxylic acids is 1. The molecule has 1 saturated heterocycles. The summed E-state index contributed by atoms with van der Waals surface area (Å²) in [5, 5.41) is 35.2. The minimum atomic E-state index is -1.30. The van der Waals surface area contributed by atoms with Gasteiger partial charge in [0, 0.05) is 25.3 Å². The van der Waals surface area contributed by atoms with Crippen LogP contribution in [0.1, 0.15) is 48.7 Å². The molecule has 1 unspecified atom stereocenters. The van der Waals surface area contributed by atoms with E-state index in [1.54, 1.807) is 24.4 Å². The molecule has 4 aromatic rings.